The molecule has 0 amide bonds. The fraction of sp³-hybridized carbons (Fsp3) is 0.917. The Labute approximate surface area is 221 Å². The van der Waals surface area contributed by atoms with Crippen molar-refractivity contribution in [3.05, 3.63) is 0 Å². The minimum Gasteiger partial charge on any atom is -0.463 e. The maximum Gasteiger partial charge on any atom is 0.306 e. The van der Waals surface area contributed by atoms with Crippen molar-refractivity contribution in [3.63, 3.8) is 0 Å². The summed E-state index contributed by atoms with van der Waals surface area (Å²) in [7, 11) is 0. The van der Waals surface area contributed by atoms with Crippen LogP contribution in [0.25, 0.3) is 0 Å². The van der Waals surface area contributed by atoms with Crippen LogP contribution in [0, 0.1) is 0 Å². The summed E-state index contributed by atoms with van der Waals surface area (Å²) in [6.07, 6.45) is -11.5. The van der Waals surface area contributed by atoms with Crippen LogP contribution >= 0.6 is 0 Å². The highest BCUT2D eigenvalue weighted by Crippen LogP contribution is 2.24. The fourth-order valence-corrected chi connectivity index (χ4v) is 3.77. The molecular formula is C24H42O14. The number of hydrogen-bond acceptors (Lipinski definition) is 14. The second-order valence-electron chi connectivity index (χ2n) is 9.34. The third-order valence-corrected chi connectivity index (χ3v) is 6.25. The predicted octanol–water partition coefficient (Wildman–Crippen LogP) is -1.90. The first-order chi connectivity index (χ1) is 18.1. The molecule has 0 aromatic rings. The molecule has 0 spiro atoms. The summed E-state index contributed by atoms with van der Waals surface area (Å²) in [4.78, 5) is 24.2. The van der Waals surface area contributed by atoms with Gasteiger partial charge in [-0.25, -0.2) is 0 Å². The summed E-state index contributed by atoms with van der Waals surface area (Å²) in [6, 6.07) is 0. The van der Waals surface area contributed by atoms with E-state index < -0.39 is 86.6 Å². The first-order valence-corrected chi connectivity index (χ1v) is 13.0. The number of rotatable bonds is 15. The van der Waals surface area contributed by atoms with Gasteiger partial charge in [-0.2, -0.15) is 0 Å². The van der Waals surface area contributed by atoms with E-state index in [9.17, 15) is 40.2 Å². The first-order valence-electron chi connectivity index (χ1n) is 13.0. The zero-order chi connectivity index (χ0) is 28.2. The summed E-state index contributed by atoms with van der Waals surface area (Å²) in [6.45, 7) is 3.53. The second-order valence-corrected chi connectivity index (χ2v) is 9.34. The van der Waals surface area contributed by atoms with Crippen LogP contribution in [0.1, 0.15) is 52.4 Å². The fourth-order valence-electron chi connectivity index (χ4n) is 3.77. The Morgan fingerprint density at radius 2 is 0.974 bits per heavy atom. The average Bonchev–Trinajstić information content (AvgIpc) is 2.90. The van der Waals surface area contributed by atoms with E-state index in [4.69, 9.17) is 28.4 Å². The van der Waals surface area contributed by atoms with Crippen LogP contribution in [0.5, 0.6) is 0 Å². The van der Waals surface area contributed by atoms with Gasteiger partial charge in [0.05, 0.1) is 12.8 Å². The SMILES string of the molecule is CCCCO[C@@H]1O[C@H](COC(=O)CCC(=O)OC[C@H]2O[C@@H](OCCCC)[C@H](O)[C@@H](O)[C@@H]2O)[C@@H](O)[C@H](O)[C@H]1O. The maximum absolute atomic E-state index is 12.1. The lowest BCUT2D eigenvalue weighted by Gasteiger charge is -2.40. The molecule has 2 rings (SSSR count). The Hall–Kier alpha value is -1.46. The van der Waals surface area contributed by atoms with E-state index in [1.807, 2.05) is 13.8 Å². The van der Waals surface area contributed by atoms with Crippen LogP contribution in [0.2, 0.25) is 0 Å². The molecule has 0 aliphatic carbocycles. The molecule has 0 radical (unpaired) electrons. The predicted molar refractivity (Wildman–Crippen MR) is 126 cm³/mol. The zero-order valence-corrected chi connectivity index (χ0v) is 21.8. The van der Waals surface area contributed by atoms with Gasteiger partial charge in [-0.3, -0.25) is 9.59 Å². The summed E-state index contributed by atoms with van der Waals surface area (Å²) >= 11 is 0. The molecule has 0 bridgehead atoms. The number of esters is 2. The van der Waals surface area contributed by atoms with E-state index in [2.05, 4.69) is 0 Å². The number of hydrogen-bond donors (Lipinski definition) is 6. The molecule has 2 heterocycles. The molecule has 0 unspecified atom stereocenters. The Bertz CT molecular complexity index is 650. The van der Waals surface area contributed by atoms with Gasteiger partial charge in [0.25, 0.3) is 0 Å². The summed E-state index contributed by atoms with van der Waals surface area (Å²) in [5.41, 5.74) is 0. The summed E-state index contributed by atoms with van der Waals surface area (Å²) in [5.74, 6) is -1.61. The average molecular weight is 555 g/mol. The van der Waals surface area contributed by atoms with Gasteiger partial charge >= 0.3 is 11.9 Å². The van der Waals surface area contributed by atoms with E-state index in [1.54, 1.807) is 0 Å². The largest absolute Gasteiger partial charge is 0.463 e. The molecule has 2 saturated heterocycles. The molecule has 2 aliphatic heterocycles. The van der Waals surface area contributed by atoms with Crippen LogP contribution in [0.4, 0.5) is 0 Å². The first kappa shape index (κ1) is 32.8. The normalized spacial score (nSPS) is 35.6. The van der Waals surface area contributed by atoms with Gasteiger partial charge in [0, 0.05) is 13.2 Å². The van der Waals surface area contributed by atoms with Crippen molar-refractivity contribution in [1.29, 1.82) is 0 Å². The van der Waals surface area contributed by atoms with Gasteiger partial charge in [0.2, 0.25) is 0 Å². The smallest absolute Gasteiger partial charge is 0.306 e. The number of ether oxygens (including phenoxy) is 6. The van der Waals surface area contributed by atoms with E-state index >= 15 is 0 Å². The van der Waals surface area contributed by atoms with Crippen LogP contribution < -0.4 is 0 Å². The van der Waals surface area contributed by atoms with Crippen molar-refractivity contribution in [2.24, 2.45) is 0 Å². The van der Waals surface area contributed by atoms with E-state index in [0.717, 1.165) is 12.8 Å². The van der Waals surface area contributed by atoms with Gasteiger partial charge in [-0.05, 0) is 12.8 Å². The molecule has 222 valence electrons. The number of carbonyl (C=O) groups is 2. The lowest BCUT2D eigenvalue weighted by Crippen LogP contribution is -2.59. The third-order valence-electron chi connectivity index (χ3n) is 6.25. The Morgan fingerprint density at radius 3 is 1.32 bits per heavy atom. The molecule has 14 nitrogen and oxygen atoms in total. The van der Waals surface area contributed by atoms with Crippen LogP contribution in [-0.4, -0.2) is 130 Å². The topological polar surface area (TPSA) is 211 Å². The van der Waals surface area contributed by atoms with Crippen molar-refractivity contribution >= 4 is 11.9 Å². The van der Waals surface area contributed by atoms with Crippen LogP contribution in [-0.2, 0) is 38.0 Å². The van der Waals surface area contributed by atoms with Gasteiger partial charge in [0.15, 0.2) is 12.6 Å². The highest BCUT2D eigenvalue weighted by molar-refractivity contribution is 5.77. The van der Waals surface area contributed by atoms with Gasteiger partial charge in [-0.15, -0.1) is 0 Å². The summed E-state index contributed by atoms with van der Waals surface area (Å²) < 4.78 is 31.7. The van der Waals surface area contributed by atoms with Crippen LogP contribution in [0.15, 0.2) is 0 Å². The van der Waals surface area contributed by atoms with Crippen molar-refractivity contribution < 1.29 is 68.6 Å². The molecule has 0 aromatic heterocycles. The third kappa shape index (κ3) is 9.62. The lowest BCUT2D eigenvalue weighted by molar-refractivity contribution is -0.302. The van der Waals surface area contributed by atoms with Crippen molar-refractivity contribution in [2.45, 2.75) is 114 Å². The molecule has 2 aliphatic rings. The highest BCUT2D eigenvalue weighted by Gasteiger charge is 2.46. The molecule has 0 aromatic carbocycles. The van der Waals surface area contributed by atoms with E-state index in [-0.39, 0.29) is 26.1 Å². The van der Waals surface area contributed by atoms with Crippen LogP contribution in [0.3, 0.4) is 0 Å². The number of carbonyl (C=O) groups excluding carboxylic acids is 2. The Kier molecular flexibility index (Phi) is 14.3. The molecule has 38 heavy (non-hydrogen) atoms. The second kappa shape index (κ2) is 16.6. The lowest BCUT2D eigenvalue weighted by atomic mass is 9.99. The number of aliphatic hydroxyl groups excluding tert-OH is 6. The summed E-state index contributed by atoms with van der Waals surface area (Å²) in [5, 5.41) is 60.4. The minimum atomic E-state index is -1.57. The molecule has 0 saturated carbocycles. The number of aliphatic hydroxyl groups is 6. The maximum atomic E-state index is 12.1. The Morgan fingerprint density at radius 1 is 0.605 bits per heavy atom. The van der Waals surface area contributed by atoms with E-state index in [1.165, 1.54) is 0 Å². The standard InChI is InChI=1S/C24H42O14/c1-3-5-9-33-23-21(31)19(29)17(27)13(37-23)11-35-15(25)7-8-16(26)36-12-14-18(28)20(30)22(32)24(38-14)34-10-6-4-2/h13-14,17-24,27-32H,3-12H2,1-2H3/t13-,14-,17-,18-,19+,20+,21-,22-,23-,24-/m1/s1. The Balaban J connectivity index is 1.73. The monoisotopic (exact) mass is 554 g/mol. The number of unbranched alkanes of at least 4 members (excludes halogenated alkanes) is 2. The molecule has 10 atom stereocenters. The molecule has 14 heteroatoms. The quantitative estimate of drug-likeness (QED) is 0.0965. The van der Waals surface area contributed by atoms with Gasteiger partial charge in [0.1, 0.15) is 62.0 Å². The van der Waals surface area contributed by atoms with E-state index in [0.29, 0.717) is 12.8 Å². The van der Waals surface area contributed by atoms with Crippen molar-refractivity contribution in [3.8, 4) is 0 Å². The van der Waals surface area contributed by atoms with Crippen molar-refractivity contribution in [2.75, 3.05) is 26.4 Å². The molecular weight excluding hydrogens is 512 g/mol. The highest BCUT2D eigenvalue weighted by atomic mass is 16.7. The minimum absolute atomic E-state index is 0.269. The van der Waals surface area contributed by atoms with Crippen molar-refractivity contribution in [1.82, 2.24) is 0 Å². The molecule has 6 N–H and O–H groups in total. The molecule has 2 fully saturated rings. The van der Waals surface area contributed by atoms with Gasteiger partial charge in [-0.1, -0.05) is 26.7 Å². The van der Waals surface area contributed by atoms with Gasteiger partial charge < -0.3 is 59.1 Å². The zero-order valence-electron chi connectivity index (χ0n) is 21.8.